The second kappa shape index (κ2) is 11.4. The highest BCUT2D eigenvalue weighted by atomic mass is 19.1. The zero-order chi connectivity index (χ0) is 23.8. The molecule has 4 rings (SSSR count). The van der Waals surface area contributed by atoms with Crippen molar-refractivity contribution in [3.63, 3.8) is 0 Å². The first-order chi connectivity index (χ1) is 16.6. The number of aromatic nitrogens is 3. The minimum absolute atomic E-state index is 0.0980. The van der Waals surface area contributed by atoms with Gasteiger partial charge in [-0.3, -0.25) is 0 Å². The molecular weight excluding hydrogens is 440 g/mol. The fourth-order valence-electron chi connectivity index (χ4n) is 3.50. The van der Waals surface area contributed by atoms with Crippen LogP contribution >= 0.6 is 0 Å². The van der Waals surface area contributed by atoms with Gasteiger partial charge in [0, 0.05) is 43.1 Å². The van der Waals surface area contributed by atoms with Crippen LogP contribution in [0.25, 0.3) is 12.2 Å². The van der Waals surface area contributed by atoms with Crippen LogP contribution in [-0.4, -0.2) is 26.2 Å². The molecule has 0 saturated heterocycles. The Morgan fingerprint density at radius 2 is 1.91 bits per heavy atom. The van der Waals surface area contributed by atoms with Crippen molar-refractivity contribution in [1.82, 2.24) is 14.5 Å². The number of ether oxygens (including phenoxy) is 1. The maximum atomic E-state index is 13.7. The van der Waals surface area contributed by atoms with Gasteiger partial charge in [-0.2, -0.15) is 0 Å². The zero-order valence-corrected chi connectivity index (χ0v) is 18.5. The van der Waals surface area contributed by atoms with Crippen LogP contribution in [0.5, 0.6) is 5.75 Å². The minimum Gasteiger partial charge on any atom is -0.487 e. The van der Waals surface area contributed by atoms with Crippen LogP contribution in [0, 0.1) is 11.6 Å². The van der Waals surface area contributed by atoms with Gasteiger partial charge in [0.25, 0.3) is 0 Å². The molecule has 1 N–H and O–H groups in total. The van der Waals surface area contributed by atoms with Gasteiger partial charge in [-0.1, -0.05) is 12.1 Å². The van der Waals surface area contributed by atoms with E-state index in [1.165, 1.54) is 36.1 Å². The molecular formula is C26H25F2N3O3. The predicted molar refractivity (Wildman–Crippen MR) is 124 cm³/mol. The van der Waals surface area contributed by atoms with Crippen molar-refractivity contribution in [1.29, 1.82) is 0 Å². The predicted octanol–water partition coefficient (Wildman–Crippen LogP) is 5.07. The summed E-state index contributed by atoms with van der Waals surface area (Å²) < 4.78 is 39.9. The third-order valence-corrected chi connectivity index (χ3v) is 5.25. The number of rotatable bonds is 11. The van der Waals surface area contributed by atoms with Gasteiger partial charge in [-0.05, 0) is 48.7 Å². The van der Waals surface area contributed by atoms with Gasteiger partial charge in [0.15, 0.2) is 0 Å². The monoisotopic (exact) mass is 465 g/mol. The number of aliphatic hydroxyl groups is 1. The van der Waals surface area contributed by atoms with E-state index in [9.17, 15) is 8.78 Å². The average molecular weight is 466 g/mol. The molecule has 0 atom stereocenters. The van der Waals surface area contributed by atoms with Gasteiger partial charge in [0.1, 0.15) is 41.8 Å². The Balaban J connectivity index is 1.24. The van der Waals surface area contributed by atoms with Crippen molar-refractivity contribution in [2.24, 2.45) is 0 Å². The molecule has 0 aliphatic heterocycles. The molecule has 4 aromatic rings. The summed E-state index contributed by atoms with van der Waals surface area (Å²) in [6.45, 7) is 1.18. The number of halogens is 2. The van der Waals surface area contributed by atoms with E-state index < -0.39 is 11.6 Å². The molecule has 0 spiro atoms. The molecule has 0 bridgehead atoms. The van der Waals surface area contributed by atoms with Crippen LogP contribution in [0.2, 0.25) is 0 Å². The summed E-state index contributed by atoms with van der Waals surface area (Å²) in [5.74, 6) is 0.652. The first-order valence-electron chi connectivity index (χ1n) is 11.0. The van der Waals surface area contributed by atoms with Gasteiger partial charge in [0.2, 0.25) is 5.89 Å². The second-order valence-electron chi connectivity index (χ2n) is 7.72. The normalized spacial score (nSPS) is 11.4. The Morgan fingerprint density at radius 3 is 2.71 bits per heavy atom. The minimum atomic E-state index is -0.650. The van der Waals surface area contributed by atoms with Crippen LogP contribution < -0.4 is 4.74 Å². The van der Waals surface area contributed by atoms with Crippen molar-refractivity contribution in [3.05, 3.63) is 101 Å². The molecule has 2 heterocycles. The van der Waals surface area contributed by atoms with E-state index >= 15 is 0 Å². The van der Waals surface area contributed by atoms with Gasteiger partial charge < -0.3 is 18.8 Å². The van der Waals surface area contributed by atoms with Gasteiger partial charge in [-0.25, -0.2) is 18.7 Å². The van der Waals surface area contributed by atoms with E-state index in [1.807, 2.05) is 30.5 Å². The molecule has 0 saturated carbocycles. The van der Waals surface area contributed by atoms with Crippen LogP contribution in [0.4, 0.5) is 8.78 Å². The van der Waals surface area contributed by atoms with Gasteiger partial charge in [0.05, 0.1) is 6.61 Å². The smallest absolute Gasteiger partial charge is 0.218 e. The number of nitrogens with zero attached hydrogens (tertiary/aromatic N) is 3. The van der Waals surface area contributed by atoms with Crippen LogP contribution in [0.1, 0.15) is 35.0 Å². The number of aryl methyl sites for hydroxylation is 2. The van der Waals surface area contributed by atoms with Crippen molar-refractivity contribution >= 4 is 12.2 Å². The molecule has 0 amide bonds. The number of aliphatic hydroxyl groups excluding tert-OH is 1. The quantitative estimate of drug-likeness (QED) is 0.335. The molecule has 0 radical (unpaired) electrons. The number of imidazole rings is 1. The molecule has 0 fully saturated rings. The van der Waals surface area contributed by atoms with E-state index in [-0.39, 0.29) is 18.8 Å². The first-order valence-corrected chi connectivity index (χ1v) is 11.0. The molecule has 0 aliphatic carbocycles. The van der Waals surface area contributed by atoms with Crippen molar-refractivity contribution in [2.75, 3.05) is 6.61 Å². The molecule has 176 valence electrons. The number of hydrogen-bond donors (Lipinski definition) is 1. The Kier molecular flexibility index (Phi) is 7.83. The topological polar surface area (TPSA) is 73.3 Å². The first kappa shape index (κ1) is 23.4. The molecule has 6 nitrogen and oxygen atoms in total. The molecule has 0 aliphatic rings. The molecule has 34 heavy (non-hydrogen) atoms. The third-order valence-electron chi connectivity index (χ3n) is 5.25. The summed E-state index contributed by atoms with van der Waals surface area (Å²) >= 11 is 0. The van der Waals surface area contributed by atoms with Crippen molar-refractivity contribution in [3.8, 4) is 5.75 Å². The summed E-state index contributed by atoms with van der Waals surface area (Å²) in [6.07, 6.45) is 10.6. The Hall–Kier alpha value is -3.78. The molecule has 0 unspecified atom stereocenters. The average Bonchev–Trinajstić information content (AvgIpc) is 3.48. The van der Waals surface area contributed by atoms with Gasteiger partial charge >= 0.3 is 0 Å². The number of oxazole rings is 1. The Labute approximate surface area is 196 Å². The van der Waals surface area contributed by atoms with E-state index in [4.69, 9.17) is 14.3 Å². The summed E-state index contributed by atoms with van der Waals surface area (Å²) in [4.78, 5) is 8.56. The summed E-state index contributed by atoms with van der Waals surface area (Å²) in [5, 5.41) is 9.09. The highest BCUT2D eigenvalue weighted by Crippen LogP contribution is 2.17. The Bertz CT molecular complexity index is 1230. The fraction of sp³-hybridized carbons (Fsp3) is 0.231. The van der Waals surface area contributed by atoms with E-state index in [0.717, 1.165) is 37.0 Å². The van der Waals surface area contributed by atoms with Crippen LogP contribution in [0.3, 0.4) is 0 Å². The lowest BCUT2D eigenvalue weighted by Gasteiger charge is -2.08. The zero-order valence-electron chi connectivity index (χ0n) is 18.5. The number of hydrogen-bond acceptors (Lipinski definition) is 5. The summed E-state index contributed by atoms with van der Waals surface area (Å²) in [7, 11) is 0. The highest BCUT2D eigenvalue weighted by Gasteiger charge is 2.06. The lowest BCUT2D eigenvalue weighted by atomic mass is 10.1. The van der Waals surface area contributed by atoms with Crippen LogP contribution in [0.15, 0.2) is 65.5 Å². The van der Waals surface area contributed by atoms with Crippen molar-refractivity contribution in [2.45, 2.75) is 32.4 Å². The maximum absolute atomic E-state index is 13.7. The standard InChI is InChI=1S/C26H25F2N3O3/c27-21-7-5-20(24(28)16-21)6-10-26-30-22(18-34-26)17-33-23-8-3-19(4-9-23)2-1-13-31-14-12-29-25(31)11-15-32/h3-10,12,14,16,18,32H,1-2,11,13,15,17H2/b10-6+. The number of benzene rings is 2. The lowest BCUT2D eigenvalue weighted by molar-refractivity contribution is 0.294. The van der Waals surface area contributed by atoms with Crippen LogP contribution in [-0.2, 0) is 26.0 Å². The van der Waals surface area contributed by atoms with E-state index in [1.54, 1.807) is 6.20 Å². The molecule has 2 aromatic carbocycles. The fourth-order valence-corrected chi connectivity index (χ4v) is 3.50. The largest absolute Gasteiger partial charge is 0.487 e. The summed E-state index contributed by atoms with van der Waals surface area (Å²) in [5.41, 5.74) is 2.05. The van der Waals surface area contributed by atoms with E-state index in [0.29, 0.717) is 18.0 Å². The molecule has 2 aromatic heterocycles. The maximum Gasteiger partial charge on any atom is 0.218 e. The molecule has 8 heteroatoms. The van der Waals surface area contributed by atoms with Crippen molar-refractivity contribution < 1.29 is 23.0 Å². The highest BCUT2D eigenvalue weighted by molar-refractivity contribution is 5.66. The second-order valence-corrected chi connectivity index (χ2v) is 7.72. The SMILES string of the molecule is OCCc1nccn1CCCc1ccc(OCc2coc(/C=C/c3ccc(F)cc3F)n2)cc1. The van der Waals surface area contributed by atoms with Gasteiger partial charge in [-0.15, -0.1) is 0 Å². The lowest BCUT2D eigenvalue weighted by Crippen LogP contribution is -2.06. The Morgan fingerprint density at radius 1 is 1.06 bits per heavy atom. The summed E-state index contributed by atoms with van der Waals surface area (Å²) in [6, 6.07) is 11.3. The third kappa shape index (κ3) is 6.39. The van der Waals surface area contributed by atoms with E-state index in [2.05, 4.69) is 14.5 Å².